The van der Waals surface area contributed by atoms with E-state index in [4.69, 9.17) is 20.9 Å². The number of rotatable bonds is 6. The van der Waals surface area contributed by atoms with E-state index < -0.39 is 43.2 Å². The van der Waals surface area contributed by atoms with Crippen molar-refractivity contribution >= 4 is 23.0 Å². The number of esters is 1. The normalized spacial score (nSPS) is 26.6. The first-order valence-corrected chi connectivity index (χ1v) is 8.67. The Labute approximate surface area is 155 Å². The highest BCUT2D eigenvalue weighted by molar-refractivity contribution is 5.81. The van der Waals surface area contributed by atoms with E-state index in [-0.39, 0.29) is 11.7 Å². The van der Waals surface area contributed by atoms with Crippen LogP contribution < -0.4 is 11.5 Å². The number of anilines is 1. The highest BCUT2D eigenvalue weighted by Crippen LogP contribution is 2.34. The molecule has 2 aromatic heterocycles. The van der Waals surface area contributed by atoms with Gasteiger partial charge in [-0.2, -0.15) is 0 Å². The van der Waals surface area contributed by atoms with Gasteiger partial charge >= 0.3 is 5.97 Å². The molecule has 1 fully saturated rings. The number of hydrogen-bond donors (Lipinski definition) is 4. The van der Waals surface area contributed by atoms with Crippen LogP contribution in [0, 0.1) is 5.92 Å². The minimum atomic E-state index is -1.24. The molecule has 0 aliphatic carbocycles. The van der Waals surface area contributed by atoms with Gasteiger partial charge in [0.05, 0.1) is 12.9 Å². The van der Waals surface area contributed by atoms with Crippen molar-refractivity contribution in [3.63, 3.8) is 0 Å². The summed E-state index contributed by atoms with van der Waals surface area (Å²) >= 11 is 0. The Bertz CT molecular complexity index is 812. The van der Waals surface area contributed by atoms with Gasteiger partial charge in [0.1, 0.15) is 30.1 Å². The maximum Gasteiger partial charge on any atom is 0.323 e. The molecule has 11 heteroatoms. The Kier molecular flexibility index (Phi) is 5.56. The van der Waals surface area contributed by atoms with Crippen molar-refractivity contribution in [2.24, 2.45) is 11.7 Å². The molecule has 1 unspecified atom stereocenters. The maximum absolute atomic E-state index is 12.4. The zero-order valence-electron chi connectivity index (χ0n) is 15.1. The van der Waals surface area contributed by atoms with Crippen molar-refractivity contribution < 1.29 is 24.5 Å². The number of ether oxygens (including phenoxy) is 2. The summed E-state index contributed by atoms with van der Waals surface area (Å²) in [6, 6.07) is -0.830. The molecule has 0 radical (unpaired) electrons. The maximum atomic E-state index is 12.4. The number of hydrogen-bond acceptors (Lipinski definition) is 10. The first-order chi connectivity index (χ1) is 12.8. The van der Waals surface area contributed by atoms with Crippen molar-refractivity contribution in [3.8, 4) is 0 Å². The zero-order valence-corrected chi connectivity index (χ0v) is 15.1. The second kappa shape index (κ2) is 7.72. The van der Waals surface area contributed by atoms with Crippen LogP contribution in [0.5, 0.6) is 0 Å². The van der Waals surface area contributed by atoms with Crippen molar-refractivity contribution in [2.75, 3.05) is 12.3 Å². The van der Waals surface area contributed by atoms with Gasteiger partial charge in [-0.15, -0.1) is 0 Å². The Morgan fingerprint density at radius 3 is 2.81 bits per heavy atom. The molecule has 3 heterocycles. The molecule has 3 rings (SSSR count). The lowest BCUT2D eigenvalue weighted by atomic mass is 10.0. The minimum Gasteiger partial charge on any atom is -0.453 e. The number of fused-ring (bicyclic) bond motifs is 1. The number of imidazole rings is 1. The van der Waals surface area contributed by atoms with Crippen LogP contribution in [0.3, 0.4) is 0 Å². The fraction of sp³-hybridized carbons (Fsp3) is 0.625. The van der Waals surface area contributed by atoms with Gasteiger partial charge in [-0.1, -0.05) is 13.8 Å². The molecule has 27 heavy (non-hydrogen) atoms. The number of carbonyl (C=O) groups is 1. The Balaban J connectivity index is 1.89. The van der Waals surface area contributed by atoms with Crippen LogP contribution in [-0.4, -0.2) is 66.7 Å². The van der Waals surface area contributed by atoms with E-state index in [0.717, 1.165) is 0 Å². The molecule has 0 amide bonds. The summed E-state index contributed by atoms with van der Waals surface area (Å²) in [7, 11) is 0. The smallest absolute Gasteiger partial charge is 0.323 e. The average Bonchev–Trinajstić information content (AvgIpc) is 3.17. The number of aromatic nitrogens is 4. The van der Waals surface area contributed by atoms with Crippen LogP contribution >= 0.6 is 0 Å². The van der Waals surface area contributed by atoms with Crippen LogP contribution in [0.15, 0.2) is 12.7 Å². The van der Waals surface area contributed by atoms with E-state index in [2.05, 4.69) is 15.0 Å². The molecule has 0 saturated carbocycles. The van der Waals surface area contributed by atoms with Crippen LogP contribution in [0.1, 0.15) is 26.5 Å². The Morgan fingerprint density at radius 2 is 2.15 bits per heavy atom. The van der Waals surface area contributed by atoms with Crippen LogP contribution in [-0.2, 0) is 14.3 Å². The first kappa shape index (κ1) is 19.4. The standard InChI is InChI=1S/C16H24N6O5/c1-7(2)3-8(17)16(25)27-12-11(24)9(4-23)26-15(12)22-6-21-10-13(18)19-5-20-14(10)22/h5-9,11-12,15,23-24H,3-4,17H2,1-2H3,(H2,18,19,20)/t8?,9-,11-,12-,15-/m1/s1. The highest BCUT2D eigenvalue weighted by Gasteiger charge is 2.48. The summed E-state index contributed by atoms with van der Waals surface area (Å²) in [6.45, 7) is 3.42. The van der Waals surface area contributed by atoms with Crippen molar-refractivity contribution in [1.82, 2.24) is 19.5 Å². The van der Waals surface area contributed by atoms with E-state index in [9.17, 15) is 15.0 Å². The quantitative estimate of drug-likeness (QED) is 0.453. The second-order valence-electron chi connectivity index (χ2n) is 6.96. The molecule has 0 bridgehead atoms. The van der Waals surface area contributed by atoms with Crippen LogP contribution in [0.4, 0.5) is 5.82 Å². The highest BCUT2D eigenvalue weighted by atomic mass is 16.6. The molecule has 5 atom stereocenters. The van der Waals surface area contributed by atoms with Crippen molar-refractivity contribution in [1.29, 1.82) is 0 Å². The zero-order chi connectivity index (χ0) is 19.7. The fourth-order valence-electron chi connectivity index (χ4n) is 3.10. The lowest BCUT2D eigenvalue weighted by molar-refractivity contribution is -0.160. The lowest BCUT2D eigenvalue weighted by Crippen LogP contribution is -2.42. The van der Waals surface area contributed by atoms with Crippen molar-refractivity contribution in [3.05, 3.63) is 12.7 Å². The Morgan fingerprint density at radius 1 is 1.41 bits per heavy atom. The first-order valence-electron chi connectivity index (χ1n) is 8.67. The molecule has 1 saturated heterocycles. The van der Waals surface area contributed by atoms with Crippen LogP contribution in [0.25, 0.3) is 11.2 Å². The molecular formula is C16H24N6O5. The molecule has 1 aliphatic rings. The number of nitrogen functional groups attached to an aromatic ring is 1. The molecule has 0 aromatic carbocycles. The predicted molar refractivity (Wildman–Crippen MR) is 94.0 cm³/mol. The fourth-order valence-corrected chi connectivity index (χ4v) is 3.10. The molecule has 0 spiro atoms. The summed E-state index contributed by atoms with van der Waals surface area (Å²) in [5.74, 6) is -0.266. The van der Waals surface area contributed by atoms with E-state index in [0.29, 0.717) is 17.6 Å². The molecule has 1 aliphatic heterocycles. The number of nitrogens with zero attached hydrogens (tertiary/aromatic N) is 4. The summed E-state index contributed by atoms with van der Waals surface area (Å²) in [5, 5.41) is 19.9. The predicted octanol–water partition coefficient (Wildman–Crippen LogP) is -1.06. The van der Waals surface area contributed by atoms with Gasteiger partial charge in [-0.05, 0) is 12.3 Å². The topological polar surface area (TPSA) is 172 Å². The molecule has 148 valence electrons. The number of nitrogens with two attached hydrogens (primary N) is 2. The molecule has 11 nitrogen and oxygen atoms in total. The summed E-state index contributed by atoms with van der Waals surface area (Å²) in [6.07, 6.45) is -1.12. The average molecular weight is 380 g/mol. The van der Waals surface area contributed by atoms with E-state index in [1.165, 1.54) is 17.2 Å². The van der Waals surface area contributed by atoms with Gasteiger partial charge in [0.25, 0.3) is 0 Å². The minimum absolute atomic E-state index is 0.184. The van der Waals surface area contributed by atoms with Crippen molar-refractivity contribution in [2.45, 2.75) is 50.8 Å². The lowest BCUT2D eigenvalue weighted by Gasteiger charge is -2.24. The van der Waals surface area contributed by atoms with E-state index in [1.54, 1.807) is 0 Å². The van der Waals surface area contributed by atoms with E-state index in [1.807, 2.05) is 13.8 Å². The largest absolute Gasteiger partial charge is 0.453 e. The molecular weight excluding hydrogens is 356 g/mol. The van der Waals surface area contributed by atoms with Gasteiger partial charge in [-0.25, -0.2) is 15.0 Å². The molecule has 2 aromatic rings. The third-order valence-electron chi connectivity index (χ3n) is 4.43. The van der Waals surface area contributed by atoms with Gasteiger partial charge in [-0.3, -0.25) is 9.36 Å². The summed E-state index contributed by atoms with van der Waals surface area (Å²) in [5.41, 5.74) is 12.4. The third-order valence-corrected chi connectivity index (χ3v) is 4.43. The van der Waals surface area contributed by atoms with Gasteiger partial charge < -0.3 is 31.2 Å². The molecule has 6 N–H and O–H groups in total. The van der Waals surface area contributed by atoms with Gasteiger partial charge in [0.2, 0.25) is 0 Å². The number of carbonyl (C=O) groups excluding carboxylic acids is 1. The SMILES string of the molecule is CC(C)CC(N)C(=O)O[C@@H]1[C@H](O)[C@@H](CO)O[C@H]1n1cnc2c(N)ncnc21. The third kappa shape index (κ3) is 3.72. The summed E-state index contributed by atoms with van der Waals surface area (Å²) < 4.78 is 12.6. The number of aliphatic hydroxyl groups is 2. The van der Waals surface area contributed by atoms with Crippen LogP contribution in [0.2, 0.25) is 0 Å². The van der Waals surface area contributed by atoms with Gasteiger partial charge in [0, 0.05) is 0 Å². The second-order valence-corrected chi connectivity index (χ2v) is 6.96. The Hall–Kier alpha value is -2.34. The van der Waals surface area contributed by atoms with Gasteiger partial charge in [0.15, 0.2) is 23.8 Å². The van der Waals surface area contributed by atoms with E-state index >= 15 is 0 Å². The monoisotopic (exact) mass is 380 g/mol. The summed E-state index contributed by atoms with van der Waals surface area (Å²) in [4.78, 5) is 24.5. The number of aliphatic hydroxyl groups excluding tert-OH is 2.